The van der Waals surface area contributed by atoms with E-state index < -0.39 is 10.0 Å². The number of nitrogens with zero attached hydrogens (tertiary/aromatic N) is 1. The second-order valence-electron chi connectivity index (χ2n) is 5.92. The summed E-state index contributed by atoms with van der Waals surface area (Å²) in [7, 11) is -0.328. The summed E-state index contributed by atoms with van der Waals surface area (Å²) >= 11 is 0. The van der Waals surface area contributed by atoms with E-state index in [4.69, 9.17) is 4.74 Å². The number of sulfonamides is 1. The average molecular weight is 428 g/mol. The highest BCUT2D eigenvalue weighted by Crippen LogP contribution is 2.20. The first-order chi connectivity index (χ1) is 12.9. The predicted molar refractivity (Wildman–Crippen MR) is 113 cm³/mol. The van der Waals surface area contributed by atoms with E-state index in [2.05, 4.69) is 10.0 Å². The molecule has 2 aromatic rings. The van der Waals surface area contributed by atoms with Crippen LogP contribution in [0, 0.1) is 0 Å². The topological polar surface area (TPSA) is 87.7 Å². The van der Waals surface area contributed by atoms with Crippen LogP contribution in [0.2, 0.25) is 0 Å². The van der Waals surface area contributed by atoms with E-state index >= 15 is 0 Å². The maximum Gasteiger partial charge on any atom is 0.261 e. The highest BCUT2D eigenvalue weighted by atomic mass is 35.5. The number of halogens is 1. The summed E-state index contributed by atoms with van der Waals surface area (Å²) < 4.78 is 33.2. The summed E-state index contributed by atoms with van der Waals surface area (Å²) in [6.45, 7) is 3.59. The monoisotopic (exact) mass is 427 g/mol. The third-order valence-electron chi connectivity index (χ3n) is 3.85. The molecule has 0 aromatic heterocycles. The number of benzene rings is 2. The van der Waals surface area contributed by atoms with Gasteiger partial charge in [-0.2, -0.15) is 0 Å². The number of carbonyl (C=O) groups is 1. The summed E-state index contributed by atoms with van der Waals surface area (Å²) in [5.41, 5.74) is 0.740. The molecule has 2 rings (SSSR count). The number of ether oxygens (including phenoxy) is 1. The second kappa shape index (κ2) is 10.9. The van der Waals surface area contributed by atoms with E-state index in [-0.39, 0.29) is 23.2 Å². The van der Waals surface area contributed by atoms with Crippen molar-refractivity contribution in [3.63, 3.8) is 0 Å². The third-order valence-corrected chi connectivity index (χ3v) is 5.23. The van der Waals surface area contributed by atoms with Gasteiger partial charge in [0.2, 0.25) is 0 Å². The van der Waals surface area contributed by atoms with Gasteiger partial charge >= 0.3 is 0 Å². The first-order valence-electron chi connectivity index (χ1n) is 8.63. The van der Waals surface area contributed by atoms with Crippen LogP contribution in [0.1, 0.15) is 17.3 Å². The van der Waals surface area contributed by atoms with Gasteiger partial charge in [0, 0.05) is 31.4 Å². The summed E-state index contributed by atoms with van der Waals surface area (Å²) in [6, 6.07) is 12.7. The van der Waals surface area contributed by atoms with Crippen molar-refractivity contribution in [2.45, 2.75) is 11.8 Å². The standard InChI is InChI=1S/C19H25N3O4S.ClH/c1-4-26-17-10-8-16(9-11-17)21-27(24,25)18-7-5-6-15(14-18)19(23)22(3)13-12-20-2;/h5-11,14,20-21H,4,12-13H2,1-3H3;1H. The van der Waals surface area contributed by atoms with Crippen molar-refractivity contribution in [3.05, 3.63) is 54.1 Å². The number of likely N-dealkylation sites (N-methyl/N-ethyl adjacent to an activating group) is 2. The summed E-state index contributed by atoms with van der Waals surface area (Å²) in [5, 5.41) is 2.97. The summed E-state index contributed by atoms with van der Waals surface area (Å²) in [6.07, 6.45) is 0. The number of amides is 1. The Morgan fingerprint density at radius 1 is 1.14 bits per heavy atom. The van der Waals surface area contributed by atoms with Gasteiger partial charge in [0.15, 0.2) is 0 Å². The molecule has 0 heterocycles. The Labute approximate surface area is 172 Å². The Hall–Kier alpha value is -2.29. The normalized spacial score (nSPS) is 10.7. The van der Waals surface area contributed by atoms with Gasteiger partial charge in [0.05, 0.1) is 11.5 Å². The van der Waals surface area contributed by atoms with Crippen molar-refractivity contribution in [2.24, 2.45) is 0 Å². The lowest BCUT2D eigenvalue weighted by molar-refractivity contribution is 0.0796. The van der Waals surface area contributed by atoms with E-state index in [0.717, 1.165) is 0 Å². The van der Waals surface area contributed by atoms with Crippen molar-refractivity contribution >= 4 is 34.0 Å². The molecule has 0 bridgehead atoms. The lowest BCUT2D eigenvalue weighted by atomic mass is 10.2. The van der Waals surface area contributed by atoms with Crippen LogP contribution in [0.4, 0.5) is 5.69 Å². The fourth-order valence-corrected chi connectivity index (χ4v) is 3.50. The van der Waals surface area contributed by atoms with Crippen molar-refractivity contribution < 1.29 is 17.9 Å². The molecule has 2 aromatic carbocycles. The van der Waals surface area contributed by atoms with Gasteiger partial charge in [-0.25, -0.2) is 8.42 Å². The molecule has 28 heavy (non-hydrogen) atoms. The van der Waals surface area contributed by atoms with Crippen LogP contribution in [-0.2, 0) is 10.0 Å². The predicted octanol–water partition coefficient (Wildman–Crippen LogP) is 2.60. The zero-order valence-electron chi connectivity index (χ0n) is 16.1. The maximum absolute atomic E-state index is 12.7. The number of carbonyl (C=O) groups excluding carboxylic acids is 1. The van der Waals surface area contributed by atoms with E-state index in [9.17, 15) is 13.2 Å². The minimum absolute atomic E-state index is 0. The van der Waals surface area contributed by atoms with Gasteiger partial charge in [0.1, 0.15) is 5.75 Å². The Bertz CT molecular complexity index is 873. The van der Waals surface area contributed by atoms with Crippen LogP contribution in [0.3, 0.4) is 0 Å². The van der Waals surface area contributed by atoms with Crippen LogP contribution in [-0.4, -0.2) is 53.0 Å². The molecular weight excluding hydrogens is 402 g/mol. The van der Waals surface area contributed by atoms with Crippen molar-refractivity contribution in [2.75, 3.05) is 38.5 Å². The van der Waals surface area contributed by atoms with Gasteiger partial charge in [-0.3, -0.25) is 9.52 Å². The zero-order chi connectivity index (χ0) is 19.9. The second-order valence-corrected chi connectivity index (χ2v) is 7.60. The molecule has 7 nitrogen and oxygen atoms in total. The summed E-state index contributed by atoms with van der Waals surface area (Å²) in [5.74, 6) is 0.431. The molecule has 2 N–H and O–H groups in total. The molecule has 0 aliphatic carbocycles. The molecule has 0 atom stereocenters. The molecule has 154 valence electrons. The fourth-order valence-electron chi connectivity index (χ4n) is 2.40. The molecule has 0 unspecified atom stereocenters. The Kier molecular flexibility index (Phi) is 9.24. The minimum Gasteiger partial charge on any atom is -0.494 e. The lowest BCUT2D eigenvalue weighted by Gasteiger charge is -2.17. The van der Waals surface area contributed by atoms with Crippen molar-refractivity contribution in [1.29, 1.82) is 0 Å². The first kappa shape index (κ1) is 23.7. The van der Waals surface area contributed by atoms with Crippen LogP contribution in [0.5, 0.6) is 5.75 Å². The summed E-state index contributed by atoms with van der Waals surface area (Å²) in [4.78, 5) is 14.0. The van der Waals surface area contributed by atoms with E-state index in [1.165, 1.54) is 12.1 Å². The Balaban J connectivity index is 0.00000392. The number of hydrogen-bond donors (Lipinski definition) is 2. The highest BCUT2D eigenvalue weighted by Gasteiger charge is 2.18. The van der Waals surface area contributed by atoms with Gasteiger partial charge in [-0.15, -0.1) is 12.4 Å². The van der Waals surface area contributed by atoms with E-state index in [0.29, 0.717) is 36.7 Å². The van der Waals surface area contributed by atoms with Gasteiger partial charge in [-0.1, -0.05) is 6.07 Å². The molecule has 0 radical (unpaired) electrons. The van der Waals surface area contributed by atoms with E-state index in [1.807, 2.05) is 6.92 Å². The van der Waals surface area contributed by atoms with Crippen LogP contribution < -0.4 is 14.8 Å². The SMILES string of the molecule is CCOc1ccc(NS(=O)(=O)c2cccc(C(=O)N(C)CCNC)c2)cc1.Cl. The van der Waals surface area contributed by atoms with Crippen LogP contribution in [0.25, 0.3) is 0 Å². The number of hydrogen-bond acceptors (Lipinski definition) is 5. The van der Waals surface area contributed by atoms with Crippen LogP contribution in [0.15, 0.2) is 53.4 Å². The number of nitrogens with one attached hydrogen (secondary N) is 2. The van der Waals surface area contributed by atoms with Gasteiger partial charge in [-0.05, 0) is 56.4 Å². The van der Waals surface area contributed by atoms with Gasteiger partial charge in [0.25, 0.3) is 15.9 Å². The molecule has 0 fully saturated rings. The van der Waals surface area contributed by atoms with E-state index in [1.54, 1.807) is 55.4 Å². The molecule has 0 saturated heterocycles. The average Bonchev–Trinajstić information content (AvgIpc) is 2.67. The van der Waals surface area contributed by atoms with Crippen molar-refractivity contribution in [1.82, 2.24) is 10.2 Å². The fraction of sp³-hybridized carbons (Fsp3) is 0.316. The Morgan fingerprint density at radius 3 is 2.43 bits per heavy atom. The molecule has 0 spiro atoms. The number of anilines is 1. The molecule has 0 aliphatic heterocycles. The maximum atomic E-state index is 12.7. The highest BCUT2D eigenvalue weighted by molar-refractivity contribution is 7.92. The molecule has 1 amide bonds. The number of rotatable bonds is 9. The zero-order valence-corrected chi connectivity index (χ0v) is 17.8. The minimum atomic E-state index is -3.81. The third kappa shape index (κ3) is 6.40. The molecule has 0 saturated carbocycles. The first-order valence-corrected chi connectivity index (χ1v) is 10.1. The molecule has 9 heteroatoms. The lowest BCUT2D eigenvalue weighted by Crippen LogP contribution is -2.32. The molecule has 0 aliphatic rings. The van der Waals surface area contributed by atoms with Gasteiger partial charge < -0.3 is 15.0 Å². The largest absolute Gasteiger partial charge is 0.494 e. The smallest absolute Gasteiger partial charge is 0.261 e. The van der Waals surface area contributed by atoms with Crippen LogP contribution >= 0.6 is 12.4 Å². The van der Waals surface area contributed by atoms with Crippen molar-refractivity contribution in [3.8, 4) is 5.75 Å². The molecular formula is C19H26ClN3O4S. The quantitative estimate of drug-likeness (QED) is 0.642. The Morgan fingerprint density at radius 2 is 1.82 bits per heavy atom.